The van der Waals surface area contributed by atoms with Crippen LogP contribution in [-0.4, -0.2) is 53.6 Å². The second-order valence-corrected chi connectivity index (χ2v) is 5.43. The maximum absolute atomic E-state index is 10.1. The number of ether oxygens (including phenoxy) is 1. The van der Waals surface area contributed by atoms with Crippen LogP contribution in [0.1, 0.15) is 25.7 Å². The van der Waals surface area contributed by atoms with E-state index in [0.717, 1.165) is 25.1 Å². The van der Waals surface area contributed by atoms with Crippen LogP contribution in [0.15, 0.2) is 30.3 Å². The lowest BCUT2D eigenvalue weighted by Gasteiger charge is -2.26. The minimum Gasteiger partial charge on any atom is -0.491 e. The van der Waals surface area contributed by atoms with Gasteiger partial charge in [-0.2, -0.15) is 0 Å². The van der Waals surface area contributed by atoms with Crippen LogP contribution in [0.25, 0.3) is 0 Å². The van der Waals surface area contributed by atoms with E-state index in [1.165, 1.54) is 12.8 Å². The Kier molecular flexibility index (Phi) is 6.30. The molecule has 2 unspecified atom stereocenters. The van der Waals surface area contributed by atoms with Crippen molar-refractivity contribution in [3.63, 3.8) is 0 Å². The Hall–Kier alpha value is -1.10. The van der Waals surface area contributed by atoms with Gasteiger partial charge in [-0.25, -0.2) is 0 Å². The predicted octanol–water partition coefficient (Wildman–Crippen LogP) is 1.66. The lowest BCUT2D eigenvalue weighted by molar-refractivity contribution is 0.0617. The lowest BCUT2D eigenvalue weighted by atomic mass is 10.1. The summed E-state index contributed by atoms with van der Waals surface area (Å²) in [7, 11) is 0. The molecule has 112 valence electrons. The fourth-order valence-electron chi connectivity index (χ4n) is 2.82. The Bertz CT molecular complexity index is 371. The Morgan fingerprint density at radius 3 is 2.85 bits per heavy atom. The van der Waals surface area contributed by atoms with Crippen molar-refractivity contribution in [3.05, 3.63) is 30.3 Å². The number of likely N-dealkylation sites (tertiary alicyclic amines) is 1. The van der Waals surface area contributed by atoms with E-state index in [1.807, 2.05) is 30.3 Å². The standard InChI is InChI=1S/C16H25NO3/c18-11-5-7-14-6-4-10-17(14)12-15(19)13-20-16-8-2-1-3-9-16/h1-3,8-9,14-15,18-19H,4-7,10-13H2. The first-order chi connectivity index (χ1) is 9.79. The topological polar surface area (TPSA) is 52.9 Å². The zero-order valence-electron chi connectivity index (χ0n) is 11.9. The summed E-state index contributed by atoms with van der Waals surface area (Å²) in [5.74, 6) is 0.796. The SMILES string of the molecule is OCCCC1CCCN1CC(O)COc1ccccc1. The van der Waals surface area contributed by atoms with Gasteiger partial charge in [0.05, 0.1) is 0 Å². The molecule has 1 aromatic rings. The van der Waals surface area contributed by atoms with Crippen molar-refractivity contribution in [1.29, 1.82) is 0 Å². The number of aliphatic hydroxyl groups is 2. The zero-order valence-corrected chi connectivity index (χ0v) is 11.9. The Labute approximate surface area is 121 Å². The number of nitrogens with zero attached hydrogens (tertiary/aromatic N) is 1. The predicted molar refractivity (Wildman–Crippen MR) is 78.9 cm³/mol. The highest BCUT2D eigenvalue weighted by molar-refractivity contribution is 5.20. The van der Waals surface area contributed by atoms with Crippen molar-refractivity contribution in [2.45, 2.75) is 37.8 Å². The molecule has 0 bridgehead atoms. The van der Waals surface area contributed by atoms with Gasteiger partial charge >= 0.3 is 0 Å². The molecule has 4 heteroatoms. The number of hydrogen-bond donors (Lipinski definition) is 2. The molecular weight excluding hydrogens is 254 g/mol. The summed E-state index contributed by atoms with van der Waals surface area (Å²) in [6, 6.07) is 10.1. The molecule has 1 heterocycles. The fourth-order valence-corrected chi connectivity index (χ4v) is 2.82. The average Bonchev–Trinajstić information content (AvgIpc) is 2.91. The van der Waals surface area contributed by atoms with Gasteiger partial charge in [0.15, 0.2) is 0 Å². The van der Waals surface area contributed by atoms with Crippen LogP contribution in [0.4, 0.5) is 0 Å². The third-order valence-corrected chi connectivity index (χ3v) is 3.83. The molecule has 2 N–H and O–H groups in total. The van der Waals surface area contributed by atoms with Gasteiger partial charge in [-0.3, -0.25) is 4.90 Å². The van der Waals surface area contributed by atoms with Crippen LogP contribution in [0.3, 0.4) is 0 Å². The number of hydrogen-bond acceptors (Lipinski definition) is 4. The second-order valence-electron chi connectivity index (χ2n) is 5.43. The number of benzene rings is 1. The summed E-state index contributed by atoms with van der Waals surface area (Å²) in [6.07, 6.45) is 3.75. The maximum atomic E-state index is 10.1. The molecule has 2 rings (SSSR count). The summed E-state index contributed by atoms with van der Waals surface area (Å²) >= 11 is 0. The number of para-hydroxylation sites is 1. The van der Waals surface area contributed by atoms with E-state index in [1.54, 1.807) is 0 Å². The highest BCUT2D eigenvalue weighted by Crippen LogP contribution is 2.21. The Morgan fingerprint density at radius 1 is 1.30 bits per heavy atom. The summed E-state index contributed by atoms with van der Waals surface area (Å²) in [5.41, 5.74) is 0. The smallest absolute Gasteiger partial charge is 0.119 e. The molecule has 1 saturated heterocycles. The summed E-state index contributed by atoms with van der Waals surface area (Å²) in [4.78, 5) is 2.33. The van der Waals surface area contributed by atoms with E-state index >= 15 is 0 Å². The van der Waals surface area contributed by atoms with Crippen LogP contribution >= 0.6 is 0 Å². The molecule has 0 aliphatic carbocycles. The first kappa shape index (κ1) is 15.3. The summed E-state index contributed by atoms with van der Waals surface area (Å²) in [5, 5.41) is 19.0. The average molecular weight is 279 g/mol. The van der Waals surface area contributed by atoms with E-state index in [0.29, 0.717) is 19.2 Å². The molecule has 1 aliphatic heterocycles. The van der Waals surface area contributed by atoms with Gasteiger partial charge in [0.1, 0.15) is 18.5 Å². The maximum Gasteiger partial charge on any atom is 0.119 e. The number of aliphatic hydroxyl groups excluding tert-OH is 2. The minimum absolute atomic E-state index is 0.254. The van der Waals surface area contributed by atoms with Gasteiger partial charge in [-0.05, 0) is 44.4 Å². The quantitative estimate of drug-likeness (QED) is 0.760. The monoisotopic (exact) mass is 279 g/mol. The fraction of sp³-hybridized carbons (Fsp3) is 0.625. The zero-order chi connectivity index (χ0) is 14.2. The van der Waals surface area contributed by atoms with Crippen molar-refractivity contribution in [2.75, 3.05) is 26.3 Å². The molecule has 20 heavy (non-hydrogen) atoms. The summed E-state index contributed by atoms with van der Waals surface area (Å²) in [6.45, 7) is 2.28. The van der Waals surface area contributed by atoms with Gasteiger partial charge in [0, 0.05) is 19.2 Å². The van der Waals surface area contributed by atoms with Gasteiger partial charge in [0.2, 0.25) is 0 Å². The van der Waals surface area contributed by atoms with Crippen molar-refractivity contribution in [2.24, 2.45) is 0 Å². The van der Waals surface area contributed by atoms with E-state index in [9.17, 15) is 5.11 Å². The first-order valence-electron chi connectivity index (χ1n) is 7.50. The molecule has 0 amide bonds. The molecular formula is C16H25NO3. The molecule has 1 aromatic carbocycles. The van der Waals surface area contributed by atoms with E-state index < -0.39 is 6.10 Å². The second kappa shape index (κ2) is 8.25. The van der Waals surface area contributed by atoms with Crippen LogP contribution in [-0.2, 0) is 0 Å². The van der Waals surface area contributed by atoms with Crippen molar-refractivity contribution in [1.82, 2.24) is 4.90 Å². The Balaban J connectivity index is 1.72. The van der Waals surface area contributed by atoms with Crippen molar-refractivity contribution >= 4 is 0 Å². The Morgan fingerprint density at radius 2 is 2.10 bits per heavy atom. The third kappa shape index (κ3) is 4.78. The van der Waals surface area contributed by atoms with Crippen LogP contribution < -0.4 is 4.74 Å². The number of β-amino-alcohol motifs (C(OH)–C–C–N with tert-alkyl or cyclic N) is 1. The van der Waals surface area contributed by atoms with Gasteiger partial charge in [-0.1, -0.05) is 18.2 Å². The third-order valence-electron chi connectivity index (χ3n) is 3.83. The van der Waals surface area contributed by atoms with Gasteiger partial charge in [-0.15, -0.1) is 0 Å². The van der Waals surface area contributed by atoms with E-state index in [-0.39, 0.29) is 6.61 Å². The molecule has 1 aliphatic rings. The van der Waals surface area contributed by atoms with Crippen LogP contribution in [0, 0.1) is 0 Å². The largest absolute Gasteiger partial charge is 0.491 e. The normalized spacial score (nSPS) is 21.0. The molecule has 0 spiro atoms. The molecule has 0 radical (unpaired) electrons. The van der Waals surface area contributed by atoms with E-state index in [4.69, 9.17) is 9.84 Å². The minimum atomic E-state index is -0.468. The van der Waals surface area contributed by atoms with Gasteiger partial charge in [0.25, 0.3) is 0 Å². The van der Waals surface area contributed by atoms with Gasteiger partial charge < -0.3 is 14.9 Å². The molecule has 0 saturated carbocycles. The number of rotatable bonds is 8. The van der Waals surface area contributed by atoms with Crippen LogP contribution in [0.5, 0.6) is 5.75 Å². The molecule has 0 aromatic heterocycles. The lowest BCUT2D eigenvalue weighted by Crippen LogP contribution is -2.38. The summed E-state index contributed by atoms with van der Waals surface area (Å²) < 4.78 is 5.58. The van der Waals surface area contributed by atoms with Crippen LogP contribution in [0.2, 0.25) is 0 Å². The first-order valence-corrected chi connectivity index (χ1v) is 7.50. The highest BCUT2D eigenvalue weighted by atomic mass is 16.5. The highest BCUT2D eigenvalue weighted by Gasteiger charge is 2.25. The molecule has 2 atom stereocenters. The van der Waals surface area contributed by atoms with Crippen molar-refractivity contribution in [3.8, 4) is 5.75 Å². The molecule has 1 fully saturated rings. The van der Waals surface area contributed by atoms with E-state index in [2.05, 4.69) is 4.90 Å². The van der Waals surface area contributed by atoms with Crippen molar-refractivity contribution < 1.29 is 14.9 Å². The molecule has 4 nitrogen and oxygen atoms in total.